The number of fused-ring (bicyclic) bond motifs is 12. The molecule has 4 aliphatic rings. The lowest BCUT2D eigenvalue weighted by atomic mass is 9.64. The number of terminal acetylenes is 4. The van der Waals surface area contributed by atoms with E-state index in [2.05, 4.69) is 311 Å². The van der Waals surface area contributed by atoms with Crippen molar-refractivity contribution >= 4 is 46.6 Å². The van der Waals surface area contributed by atoms with Gasteiger partial charge < -0.3 is 38.9 Å². The Bertz CT molecular complexity index is 6080. The van der Waals surface area contributed by atoms with E-state index in [0.717, 1.165) is 224 Å². The number of hydrogen-bond acceptors (Lipinski definition) is 4. The summed E-state index contributed by atoms with van der Waals surface area (Å²) in [5.74, 6) is 13.4. The van der Waals surface area contributed by atoms with E-state index in [1.807, 2.05) is 73.3 Å². The maximum Gasteiger partial charge on any atom is 0.148 e. The first-order valence-electron chi connectivity index (χ1n) is 39.0. The first-order chi connectivity index (χ1) is 57.7. The Balaban J connectivity index is 0.750. The zero-order valence-electron chi connectivity index (χ0n) is 63.6. The quantitative estimate of drug-likeness (QED) is 0.0451. The fourth-order valence-electron chi connectivity index (χ4n) is 17.7. The van der Waals surface area contributed by atoms with Crippen LogP contribution in [0.25, 0.3) is 136 Å². The first-order valence-corrected chi connectivity index (χ1v) is 39.0. The third kappa shape index (κ3) is 12.7. The van der Waals surface area contributed by atoms with Gasteiger partial charge in [0.2, 0.25) is 0 Å². The molecule has 0 aliphatic heterocycles. The molecular formula is C109H72N4O4. The van der Waals surface area contributed by atoms with Crippen molar-refractivity contribution in [3.05, 3.63) is 406 Å². The Morgan fingerprint density at radius 3 is 0.615 bits per heavy atom. The fourth-order valence-corrected chi connectivity index (χ4v) is 17.7. The molecule has 4 N–H and O–H groups in total. The molecule has 4 aliphatic carbocycles. The summed E-state index contributed by atoms with van der Waals surface area (Å²) in [6, 6.07) is 106. The number of rotatable bonds is 20. The molecule has 0 amide bonds. The third-order valence-electron chi connectivity index (χ3n) is 23.1. The van der Waals surface area contributed by atoms with Crippen LogP contribution in [0.4, 0.5) is 0 Å². The number of hydrogen-bond donors (Lipinski definition) is 4. The van der Waals surface area contributed by atoms with Crippen molar-refractivity contribution in [2.45, 2.75) is 5.41 Å². The van der Waals surface area contributed by atoms with Gasteiger partial charge in [-0.15, -0.1) is 25.7 Å². The fraction of sp³-hybridized carbons (Fsp3) is 0.0459. The summed E-state index contributed by atoms with van der Waals surface area (Å²) < 4.78 is 24.1. The Morgan fingerprint density at radius 2 is 0.419 bits per heavy atom. The monoisotopic (exact) mass is 1500 g/mol. The van der Waals surface area contributed by atoms with Gasteiger partial charge in [-0.2, -0.15) is 0 Å². The van der Waals surface area contributed by atoms with E-state index in [-0.39, 0.29) is 26.4 Å². The molecule has 4 aromatic heterocycles. The highest BCUT2D eigenvalue weighted by atomic mass is 16.5. The van der Waals surface area contributed by atoms with Crippen molar-refractivity contribution in [2.24, 2.45) is 0 Å². The largest absolute Gasteiger partial charge is 0.481 e. The van der Waals surface area contributed by atoms with Crippen LogP contribution < -0.4 is 18.9 Å². The van der Waals surface area contributed by atoms with Crippen LogP contribution >= 0.6 is 0 Å². The average Bonchev–Trinajstić information content (AvgIpc) is 1.64. The number of aromatic amines is 4. The molecule has 117 heavy (non-hydrogen) atoms. The minimum atomic E-state index is -0.932. The number of H-pyrrole nitrogens is 4. The lowest BCUT2D eigenvalue weighted by Gasteiger charge is -2.37. The standard InChI is InChI=1S/C109H72N4O4/c1-5-53-114-85-37-45-93-89-41-25-73(57-97(89)101(105(93)65-85)61-81-13-9-49-110-81)69-17-29-77(30-18-69)109(78-31-19-70(20-32-78)74-26-42-90-94-46-38-86(115-54-6-2)66-106(94)102(98(90)58-74)62-82-14-10-50-111-82,79-33-21-71(22-34-79)75-27-43-91-95-47-39-87(116-55-7-3)67-107(95)103(99(91)59-75)63-83-15-11-51-112-83)80-35-23-72(24-36-80)76-28-44-92-96-48-40-88(117-56-8-4)68-108(96)104(100(92)60-76)64-84-16-12-52-113-84/h1-4,9-52,57-68,110-113H,53-56H2/b101-61-,102-62-,103-63-,104-64-. The Hall–Kier alpha value is -15.8. The van der Waals surface area contributed by atoms with Crippen LogP contribution in [0.1, 0.15) is 89.5 Å². The Kier molecular flexibility index (Phi) is 17.8. The molecule has 0 bridgehead atoms. The average molecular weight is 1500 g/mol. The van der Waals surface area contributed by atoms with Crippen LogP contribution in [0.3, 0.4) is 0 Å². The maximum absolute atomic E-state index is 6.03. The topological polar surface area (TPSA) is 100 Å². The molecule has 0 fully saturated rings. The zero-order chi connectivity index (χ0) is 78.5. The van der Waals surface area contributed by atoms with Crippen LogP contribution in [-0.4, -0.2) is 46.4 Å². The van der Waals surface area contributed by atoms with Gasteiger partial charge in [0.25, 0.3) is 0 Å². The van der Waals surface area contributed by atoms with E-state index in [1.54, 1.807) is 0 Å². The molecule has 20 rings (SSSR count). The highest BCUT2D eigenvalue weighted by Crippen LogP contribution is 2.55. The van der Waals surface area contributed by atoms with E-state index in [9.17, 15) is 0 Å². The van der Waals surface area contributed by atoms with Gasteiger partial charge in [0.15, 0.2) is 0 Å². The van der Waals surface area contributed by atoms with E-state index in [0.29, 0.717) is 0 Å². The number of ether oxygens (including phenoxy) is 4. The van der Waals surface area contributed by atoms with Crippen molar-refractivity contribution < 1.29 is 18.9 Å². The molecule has 4 heterocycles. The predicted octanol–water partition coefficient (Wildman–Crippen LogP) is 24.4. The summed E-state index contributed by atoms with van der Waals surface area (Å²) in [5, 5.41) is 0. The molecule has 12 aromatic carbocycles. The number of aromatic nitrogens is 4. The van der Waals surface area contributed by atoms with Gasteiger partial charge in [-0.05, 0) is 324 Å². The van der Waals surface area contributed by atoms with E-state index in [1.165, 1.54) is 0 Å². The molecule has 8 nitrogen and oxygen atoms in total. The minimum absolute atomic E-state index is 0.178. The first kappa shape index (κ1) is 70.3. The van der Waals surface area contributed by atoms with Crippen molar-refractivity contribution in [1.82, 2.24) is 19.9 Å². The van der Waals surface area contributed by atoms with Gasteiger partial charge in [-0.1, -0.05) is 194 Å². The van der Waals surface area contributed by atoms with E-state index < -0.39 is 5.41 Å². The van der Waals surface area contributed by atoms with Gasteiger partial charge >= 0.3 is 0 Å². The highest BCUT2D eigenvalue weighted by molar-refractivity contribution is 6.11. The summed E-state index contributed by atoms with van der Waals surface area (Å²) in [6.07, 6.45) is 39.5. The van der Waals surface area contributed by atoms with Crippen molar-refractivity contribution in [1.29, 1.82) is 0 Å². The van der Waals surface area contributed by atoms with E-state index >= 15 is 0 Å². The van der Waals surface area contributed by atoms with Crippen molar-refractivity contribution in [3.63, 3.8) is 0 Å². The van der Waals surface area contributed by atoms with Crippen molar-refractivity contribution in [2.75, 3.05) is 26.4 Å². The van der Waals surface area contributed by atoms with E-state index in [4.69, 9.17) is 44.6 Å². The van der Waals surface area contributed by atoms with Crippen LogP contribution in [0.5, 0.6) is 23.0 Å². The molecule has 0 saturated carbocycles. The van der Waals surface area contributed by atoms with Gasteiger partial charge in [0.05, 0.1) is 5.41 Å². The molecular weight excluding hydrogens is 1430 g/mol. The second-order valence-electron chi connectivity index (χ2n) is 29.6. The second-order valence-corrected chi connectivity index (χ2v) is 29.6. The Labute approximate surface area is 679 Å². The lowest BCUT2D eigenvalue weighted by molar-refractivity contribution is 0.370. The third-order valence-corrected chi connectivity index (χ3v) is 23.1. The predicted molar refractivity (Wildman–Crippen MR) is 477 cm³/mol. The summed E-state index contributed by atoms with van der Waals surface area (Å²) in [6.45, 7) is 0.712. The molecule has 0 saturated heterocycles. The van der Waals surface area contributed by atoms with Crippen LogP contribution in [0, 0.1) is 49.4 Å². The summed E-state index contributed by atoms with van der Waals surface area (Å²) in [4.78, 5) is 13.7. The smallest absolute Gasteiger partial charge is 0.148 e. The molecule has 0 atom stereocenters. The van der Waals surface area contributed by atoms with Crippen LogP contribution in [-0.2, 0) is 5.41 Å². The molecule has 0 unspecified atom stereocenters. The normalized spacial score (nSPS) is 13.6. The molecule has 8 heteroatoms. The van der Waals surface area contributed by atoms with Gasteiger partial charge in [-0.3, -0.25) is 0 Å². The van der Waals surface area contributed by atoms with Gasteiger partial charge in [-0.25, -0.2) is 0 Å². The molecule has 0 radical (unpaired) electrons. The number of benzene rings is 12. The summed E-state index contributed by atoms with van der Waals surface area (Å²) >= 11 is 0. The number of nitrogens with one attached hydrogen (secondary N) is 4. The van der Waals surface area contributed by atoms with Gasteiger partial charge in [0, 0.05) is 47.6 Å². The molecule has 0 spiro atoms. The van der Waals surface area contributed by atoms with Crippen LogP contribution in [0.2, 0.25) is 0 Å². The summed E-state index contributed by atoms with van der Waals surface area (Å²) in [7, 11) is 0. The lowest BCUT2D eigenvalue weighted by Crippen LogP contribution is -2.31. The Morgan fingerprint density at radius 1 is 0.222 bits per heavy atom. The minimum Gasteiger partial charge on any atom is -0.481 e. The highest BCUT2D eigenvalue weighted by Gasteiger charge is 2.40. The molecule has 16 aromatic rings. The SMILES string of the molecule is C#CCOc1ccc2c(c1)/C(=C\c1ccc[nH]1)c1cc(-c3ccc(C(c4ccc(-c5ccc6c(c5)/C(=C/c5ccc[nH]5)c5cc(OCC#C)ccc5-6)cc4)(c4ccc(-c5ccc6c(c5)/C(=C/c5ccc[nH]5)c5cc(OCC#C)ccc5-6)cc4)c4ccc(-c5ccc6c(c5)/C(=C/c5ccc[nH]5)c5cc(OCC#C)ccc5-6)cc4)cc3)ccc1-2. The van der Waals surface area contributed by atoms with Crippen LogP contribution in [0.15, 0.2) is 316 Å². The molecule has 552 valence electrons. The summed E-state index contributed by atoms with van der Waals surface area (Å²) in [5.41, 5.74) is 38.4. The maximum atomic E-state index is 6.03. The van der Waals surface area contributed by atoms with Crippen molar-refractivity contribution in [3.8, 4) is 161 Å². The second kappa shape index (κ2) is 29.7. The zero-order valence-corrected chi connectivity index (χ0v) is 63.6. The van der Waals surface area contributed by atoms with Gasteiger partial charge in [0.1, 0.15) is 49.4 Å².